The molecule has 2 heteroatoms. The van der Waals surface area contributed by atoms with Crippen LogP contribution in [0.25, 0.3) is 0 Å². The molecular formula is C18H18O2. The van der Waals surface area contributed by atoms with Crippen LogP contribution in [0.2, 0.25) is 0 Å². The molecule has 1 fully saturated rings. The summed E-state index contributed by atoms with van der Waals surface area (Å²) < 4.78 is 5.28. The van der Waals surface area contributed by atoms with Crippen molar-refractivity contribution in [2.45, 2.75) is 12.8 Å². The normalized spacial score (nSPS) is 21.7. The summed E-state index contributed by atoms with van der Waals surface area (Å²) in [7, 11) is 0. The Labute approximate surface area is 119 Å². The van der Waals surface area contributed by atoms with Crippen molar-refractivity contribution in [1.29, 1.82) is 0 Å². The summed E-state index contributed by atoms with van der Waals surface area (Å²) in [6.07, 6.45) is 1.68. The molecule has 2 aromatic carbocycles. The summed E-state index contributed by atoms with van der Waals surface area (Å²) in [5, 5.41) is 0. The highest BCUT2D eigenvalue weighted by Gasteiger charge is 2.36. The number of cyclic esters (lactones) is 1. The number of hydrogen-bond donors (Lipinski definition) is 0. The summed E-state index contributed by atoms with van der Waals surface area (Å²) >= 11 is 0. The van der Waals surface area contributed by atoms with Gasteiger partial charge in [-0.1, -0.05) is 60.7 Å². The van der Waals surface area contributed by atoms with E-state index in [0.717, 1.165) is 12.8 Å². The van der Waals surface area contributed by atoms with E-state index < -0.39 is 0 Å². The van der Waals surface area contributed by atoms with Crippen LogP contribution in [0.5, 0.6) is 0 Å². The number of hydrogen-bond acceptors (Lipinski definition) is 2. The Bertz CT molecular complexity index is 562. The van der Waals surface area contributed by atoms with Crippen LogP contribution in [0.1, 0.15) is 11.1 Å². The highest BCUT2D eigenvalue weighted by atomic mass is 16.5. The van der Waals surface area contributed by atoms with Crippen molar-refractivity contribution in [2.75, 3.05) is 6.61 Å². The van der Waals surface area contributed by atoms with E-state index >= 15 is 0 Å². The van der Waals surface area contributed by atoms with Crippen LogP contribution in [-0.4, -0.2) is 12.6 Å². The molecule has 1 aliphatic rings. The third kappa shape index (κ3) is 2.90. The van der Waals surface area contributed by atoms with Crippen molar-refractivity contribution in [3.63, 3.8) is 0 Å². The van der Waals surface area contributed by atoms with Gasteiger partial charge in [0.15, 0.2) is 0 Å². The van der Waals surface area contributed by atoms with Gasteiger partial charge in [0.2, 0.25) is 0 Å². The van der Waals surface area contributed by atoms with Crippen LogP contribution in [0.4, 0.5) is 0 Å². The quantitative estimate of drug-likeness (QED) is 0.794. The van der Waals surface area contributed by atoms with Crippen molar-refractivity contribution < 1.29 is 9.53 Å². The average Bonchev–Trinajstić information content (AvgIpc) is 2.83. The Kier molecular flexibility index (Phi) is 3.82. The van der Waals surface area contributed by atoms with Crippen LogP contribution in [-0.2, 0) is 22.4 Å². The van der Waals surface area contributed by atoms with Gasteiger partial charge in [0.1, 0.15) is 0 Å². The molecule has 3 rings (SSSR count). The minimum atomic E-state index is -0.0465. The molecule has 0 unspecified atom stereocenters. The molecule has 0 radical (unpaired) electrons. The third-order valence-electron chi connectivity index (χ3n) is 3.95. The third-order valence-corrected chi connectivity index (χ3v) is 3.95. The van der Waals surface area contributed by atoms with Crippen molar-refractivity contribution in [1.82, 2.24) is 0 Å². The molecule has 0 aliphatic carbocycles. The van der Waals surface area contributed by atoms with Gasteiger partial charge in [-0.15, -0.1) is 0 Å². The van der Waals surface area contributed by atoms with E-state index in [0.29, 0.717) is 6.61 Å². The zero-order valence-corrected chi connectivity index (χ0v) is 11.4. The van der Waals surface area contributed by atoms with Crippen LogP contribution >= 0.6 is 0 Å². The highest BCUT2D eigenvalue weighted by molar-refractivity contribution is 5.75. The van der Waals surface area contributed by atoms with E-state index in [1.807, 2.05) is 36.4 Å². The molecule has 102 valence electrons. The van der Waals surface area contributed by atoms with Crippen molar-refractivity contribution in [2.24, 2.45) is 11.8 Å². The summed E-state index contributed by atoms with van der Waals surface area (Å²) in [5.74, 6) is 0.220. The highest BCUT2D eigenvalue weighted by Crippen LogP contribution is 2.28. The second kappa shape index (κ2) is 5.91. The average molecular weight is 266 g/mol. The molecule has 2 aromatic rings. The fraction of sp³-hybridized carbons (Fsp3) is 0.278. The Hall–Kier alpha value is -2.09. The molecule has 2 atom stereocenters. The van der Waals surface area contributed by atoms with Gasteiger partial charge in [-0.3, -0.25) is 4.79 Å². The lowest BCUT2D eigenvalue weighted by Crippen LogP contribution is -2.20. The van der Waals surface area contributed by atoms with E-state index in [9.17, 15) is 4.79 Å². The molecular weight excluding hydrogens is 248 g/mol. The van der Waals surface area contributed by atoms with Crippen molar-refractivity contribution >= 4 is 5.97 Å². The molecule has 0 bridgehead atoms. The summed E-state index contributed by atoms with van der Waals surface area (Å²) in [4.78, 5) is 12.0. The van der Waals surface area contributed by atoms with Gasteiger partial charge in [0.05, 0.1) is 12.5 Å². The maximum atomic E-state index is 12.0. The minimum absolute atomic E-state index is 0.0161. The fourth-order valence-corrected chi connectivity index (χ4v) is 2.84. The lowest BCUT2D eigenvalue weighted by atomic mass is 9.85. The first-order chi connectivity index (χ1) is 9.83. The van der Waals surface area contributed by atoms with Gasteiger partial charge >= 0.3 is 5.97 Å². The van der Waals surface area contributed by atoms with E-state index in [1.54, 1.807) is 0 Å². The number of rotatable bonds is 4. The van der Waals surface area contributed by atoms with Gasteiger partial charge in [-0.25, -0.2) is 0 Å². The standard InChI is InChI=1S/C18H18O2/c19-18-17(12-15-9-5-2-6-10-15)16(13-20-18)11-14-7-3-1-4-8-14/h1-10,16-17H,11-13H2/t16-,17+/m1/s1. The Morgan fingerprint density at radius 3 is 2.00 bits per heavy atom. The molecule has 1 saturated heterocycles. The summed E-state index contributed by atoms with van der Waals surface area (Å²) in [5.41, 5.74) is 2.48. The summed E-state index contributed by atoms with van der Waals surface area (Å²) in [6.45, 7) is 0.547. The zero-order valence-electron chi connectivity index (χ0n) is 11.4. The number of carbonyl (C=O) groups is 1. The predicted octanol–water partition coefficient (Wildman–Crippen LogP) is 3.26. The molecule has 0 N–H and O–H groups in total. The smallest absolute Gasteiger partial charge is 0.309 e. The van der Waals surface area contributed by atoms with Crippen LogP contribution < -0.4 is 0 Å². The molecule has 2 nitrogen and oxygen atoms in total. The van der Waals surface area contributed by atoms with Gasteiger partial charge < -0.3 is 4.74 Å². The van der Waals surface area contributed by atoms with Gasteiger partial charge in [0.25, 0.3) is 0 Å². The SMILES string of the molecule is O=C1OC[C@@H](Cc2ccccc2)[C@@H]1Cc1ccccc1. The molecule has 0 spiro atoms. The molecule has 20 heavy (non-hydrogen) atoms. The number of ether oxygens (including phenoxy) is 1. The zero-order chi connectivity index (χ0) is 13.8. The van der Waals surface area contributed by atoms with Gasteiger partial charge in [-0.2, -0.15) is 0 Å². The molecule has 0 amide bonds. The lowest BCUT2D eigenvalue weighted by Gasteiger charge is -2.15. The maximum Gasteiger partial charge on any atom is 0.309 e. The number of esters is 1. The number of carbonyl (C=O) groups excluding carboxylic acids is 1. The monoisotopic (exact) mass is 266 g/mol. The Morgan fingerprint density at radius 2 is 1.40 bits per heavy atom. The van der Waals surface area contributed by atoms with Crippen molar-refractivity contribution in [3.05, 3.63) is 71.8 Å². The fourth-order valence-electron chi connectivity index (χ4n) is 2.84. The van der Waals surface area contributed by atoms with Gasteiger partial charge in [-0.05, 0) is 24.0 Å². The maximum absolute atomic E-state index is 12.0. The van der Waals surface area contributed by atoms with Crippen LogP contribution in [0, 0.1) is 11.8 Å². The Balaban J connectivity index is 1.72. The minimum Gasteiger partial charge on any atom is -0.465 e. The van der Waals surface area contributed by atoms with E-state index in [1.165, 1.54) is 11.1 Å². The van der Waals surface area contributed by atoms with Crippen LogP contribution in [0.15, 0.2) is 60.7 Å². The topological polar surface area (TPSA) is 26.3 Å². The summed E-state index contributed by atoms with van der Waals surface area (Å²) in [6, 6.07) is 20.5. The predicted molar refractivity (Wildman–Crippen MR) is 78.2 cm³/mol. The first-order valence-electron chi connectivity index (χ1n) is 7.07. The van der Waals surface area contributed by atoms with Crippen molar-refractivity contribution in [3.8, 4) is 0 Å². The molecule has 1 heterocycles. The molecule has 0 saturated carbocycles. The number of benzene rings is 2. The molecule has 1 aliphatic heterocycles. The Morgan fingerprint density at radius 1 is 0.850 bits per heavy atom. The second-order valence-electron chi connectivity index (χ2n) is 5.38. The van der Waals surface area contributed by atoms with Gasteiger partial charge in [0, 0.05) is 5.92 Å². The first-order valence-corrected chi connectivity index (χ1v) is 7.07. The lowest BCUT2D eigenvalue weighted by molar-refractivity contribution is -0.141. The van der Waals surface area contributed by atoms with E-state index in [2.05, 4.69) is 24.3 Å². The van der Waals surface area contributed by atoms with Crippen LogP contribution in [0.3, 0.4) is 0 Å². The molecule has 0 aromatic heterocycles. The largest absolute Gasteiger partial charge is 0.465 e. The second-order valence-corrected chi connectivity index (χ2v) is 5.38. The van der Waals surface area contributed by atoms with E-state index in [4.69, 9.17) is 4.74 Å². The first kappa shape index (κ1) is 12.9. The van der Waals surface area contributed by atoms with E-state index in [-0.39, 0.29) is 17.8 Å².